The van der Waals surface area contributed by atoms with Crippen molar-refractivity contribution in [2.75, 3.05) is 0 Å². The van der Waals surface area contributed by atoms with Gasteiger partial charge in [-0.15, -0.1) is 0 Å². The molecular weight excluding hydrogens is 555 g/mol. The van der Waals surface area contributed by atoms with Crippen molar-refractivity contribution in [3.63, 3.8) is 0 Å². The maximum Gasteiger partial charge on any atom is 0.119 e. The zero-order valence-corrected chi connectivity index (χ0v) is 23.3. The molecule has 1 N–H and O–H groups in total. The van der Waals surface area contributed by atoms with Crippen LogP contribution in [0.1, 0.15) is 72.3 Å². The molecule has 0 amide bonds. The number of aliphatic hydroxyl groups is 1. The van der Waals surface area contributed by atoms with Gasteiger partial charge in [0, 0.05) is 3.57 Å². The molecule has 3 atom stereocenters. The fraction of sp³-hybridized carbons (Fsp3) is 0.273. The molecular formula is C33H35IO2. The molecule has 0 aliphatic rings. The summed E-state index contributed by atoms with van der Waals surface area (Å²) in [6, 6.07) is 36.4. The number of rotatable bonds is 11. The Kier molecular flexibility index (Phi) is 9.60. The van der Waals surface area contributed by atoms with E-state index in [2.05, 4.69) is 115 Å². The molecule has 3 unspecified atom stereocenters. The van der Waals surface area contributed by atoms with E-state index in [1.807, 2.05) is 24.3 Å². The standard InChI is InChI=1S/C33H35IO2/c1-24(28-12-8-27(9-13-28)23-36-33-18-10-26(22-35)11-19-33)20-31(30-6-4-3-5-7-30)21-25(2)29-14-16-32(34)17-15-29/h3-19,24-25,31,35H,20-23H2,1-2H3. The second-order valence-electron chi connectivity index (χ2n) is 9.76. The van der Waals surface area contributed by atoms with Crippen LogP contribution in [0.2, 0.25) is 0 Å². The Morgan fingerprint density at radius 2 is 1.17 bits per heavy atom. The van der Waals surface area contributed by atoms with Crippen molar-refractivity contribution in [2.45, 2.75) is 57.7 Å². The third kappa shape index (κ3) is 7.44. The van der Waals surface area contributed by atoms with Gasteiger partial charge in [-0.3, -0.25) is 0 Å². The van der Waals surface area contributed by atoms with Crippen LogP contribution in [0.3, 0.4) is 0 Å². The van der Waals surface area contributed by atoms with Gasteiger partial charge in [0.15, 0.2) is 0 Å². The minimum atomic E-state index is 0.0512. The van der Waals surface area contributed by atoms with Gasteiger partial charge in [0.1, 0.15) is 12.4 Å². The van der Waals surface area contributed by atoms with Crippen LogP contribution in [-0.4, -0.2) is 5.11 Å². The predicted molar refractivity (Wildman–Crippen MR) is 158 cm³/mol. The lowest BCUT2D eigenvalue weighted by Gasteiger charge is -2.25. The summed E-state index contributed by atoms with van der Waals surface area (Å²) in [6.07, 6.45) is 2.25. The molecule has 0 saturated heterocycles. The fourth-order valence-corrected chi connectivity index (χ4v) is 5.17. The summed E-state index contributed by atoms with van der Waals surface area (Å²) < 4.78 is 7.21. The summed E-state index contributed by atoms with van der Waals surface area (Å²) in [5, 5.41) is 9.19. The minimum Gasteiger partial charge on any atom is -0.489 e. The summed E-state index contributed by atoms with van der Waals surface area (Å²) in [6.45, 7) is 5.29. The summed E-state index contributed by atoms with van der Waals surface area (Å²) in [5.41, 5.74) is 6.26. The molecule has 0 aromatic heterocycles. The van der Waals surface area contributed by atoms with E-state index in [1.165, 1.54) is 20.3 Å². The predicted octanol–water partition coefficient (Wildman–Crippen LogP) is 8.83. The van der Waals surface area contributed by atoms with Crippen LogP contribution >= 0.6 is 22.6 Å². The molecule has 0 aliphatic carbocycles. The van der Waals surface area contributed by atoms with Crippen LogP contribution in [0.5, 0.6) is 5.75 Å². The van der Waals surface area contributed by atoms with Crippen LogP contribution in [0.15, 0.2) is 103 Å². The second-order valence-corrected chi connectivity index (χ2v) is 11.0. The van der Waals surface area contributed by atoms with Gasteiger partial charge in [0.25, 0.3) is 0 Å². The zero-order chi connectivity index (χ0) is 25.3. The number of hydrogen-bond donors (Lipinski definition) is 1. The van der Waals surface area contributed by atoms with E-state index >= 15 is 0 Å². The van der Waals surface area contributed by atoms with Gasteiger partial charge < -0.3 is 9.84 Å². The highest BCUT2D eigenvalue weighted by Gasteiger charge is 2.20. The van der Waals surface area contributed by atoms with E-state index in [-0.39, 0.29) is 6.61 Å². The SMILES string of the molecule is CC(CC(CC(C)c1ccc(COc2ccc(CO)cc2)cc1)c1ccccc1)c1ccc(I)cc1. The van der Waals surface area contributed by atoms with Crippen LogP contribution in [-0.2, 0) is 13.2 Å². The second kappa shape index (κ2) is 13.1. The quantitative estimate of drug-likeness (QED) is 0.177. The highest BCUT2D eigenvalue weighted by molar-refractivity contribution is 14.1. The number of aliphatic hydroxyl groups excluding tert-OH is 1. The molecule has 0 aliphatic heterocycles. The van der Waals surface area contributed by atoms with Crippen molar-refractivity contribution in [3.05, 3.63) is 135 Å². The van der Waals surface area contributed by atoms with Crippen LogP contribution in [0.4, 0.5) is 0 Å². The van der Waals surface area contributed by atoms with Crippen molar-refractivity contribution in [1.82, 2.24) is 0 Å². The monoisotopic (exact) mass is 590 g/mol. The molecule has 0 heterocycles. The first-order chi connectivity index (χ1) is 17.5. The number of ether oxygens (including phenoxy) is 1. The van der Waals surface area contributed by atoms with Gasteiger partial charge in [-0.25, -0.2) is 0 Å². The van der Waals surface area contributed by atoms with Crippen LogP contribution < -0.4 is 4.74 Å². The first kappa shape index (κ1) is 26.4. The summed E-state index contributed by atoms with van der Waals surface area (Å²) >= 11 is 2.37. The van der Waals surface area contributed by atoms with Gasteiger partial charge in [-0.1, -0.05) is 92.7 Å². The molecule has 2 nitrogen and oxygen atoms in total. The van der Waals surface area contributed by atoms with Gasteiger partial charge in [0.05, 0.1) is 6.61 Å². The average molecular weight is 591 g/mol. The number of hydrogen-bond acceptors (Lipinski definition) is 2. The topological polar surface area (TPSA) is 29.5 Å². The van der Waals surface area contributed by atoms with E-state index in [0.717, 1.165) is 29.7 Å². The molecule has 3 heteroatoms. The molecule has 4 aromatic rings. The van der Waals surface area contributed by atoms with E-state index in [0.29, 0.717) is 24.4 Å². The molecule has 0 spiro atoms. The van der Waals surface area contributed by atoms with Crippen molar-refractivity contribution < 1.29 is 9.84 Å². The van der Waals surface area contributed by atoms with Crippen molar-refractivity contribution in [3.8, 4) is 5.75 Å². The largest absolute Gasteiger partial charge is 0.489 e. The third-order valence-corrected chi connectivity index (χ3v) is 7.77. The Hall–Kier alpha value is -2.63. The number of benzene rings is 4. The third-order valence-electron chi connectivity index (χ3n) is 7.05. The average Bonchev–Trinajstić information content (AvgIpc) is 2.93. The normalized spacial score (nSPS) is 13.7. The zero-order valence-electron chi connectivity index (χ0n) is 21.1. The Bertz CT molecular complexity index is 1190. The van der Waals surface area contributed by atoms with E-state index in [9.17, 15) is 5.11 Å². The van der Waals surface area contributed by atoms with Crippen molar-refractivity contribution >= 4 is 22.6 Å². The Morgan fingerprint density at radius 1 is 0.639 bits per heavy atom. The molecule has 0 bridgehead atoms. The molecule has 4 rings (SSSR count). The van der Waals surface area contributed by atoms with Crippen LogP contribution in [0.25, 0.3) is 0 Å². The highest BCUT2D eigenvalue weighted by Crippen LogP contribution is 2.37. The first-order valence-corrected chi connectivity index (χ1v) is 13.8. The Morgan fingerprint density at radius 3 is 1.72 bits per heavy atom. The van der Waals surface area contributed by atoms with Crippen molar-refractivity contribution in [2.24, 2.45) is 0 Å². The lowest BCUT2D eigenvalue weighted by Crippen LogP contribution is -2.09. The number of halogens is 1. The van der Waals surface area contributed by atoms with Gasteiger partial charge >= 0.3 is 0 Å². The fourth-order valence-electron chi connectivity index (χ4n) is 4.81. The maximum atomic E-state index is 9.19. The van der Waals surface area contributed by atoms with E-state index in [4.69, 9.17) is 4.74 Å². The van der Waals surface area contributed by atoms with Gasteiger partial charge in [0.2, 0.25) is 0 Å². The summed E-state index contributed by atoms with van der Waals surface area (Å²) in [7, 11) is 0. The summed E-state index contributed by atoms with van der Waals surface area (Å²) in [5.74, 6) is 2.28. The van der Waals surface area contributed by atoms with Crippen LogP contribution in [0, 0.1) is 3.57 Å². The molecule has 4 aromatic carbocycles. The van der Waals surface area contributed by atoms with Crippen molar-refractivity contribution in [1.29, 1.82) is 0 Å². The molecule has 0 radical (unpaired) electrons. The summed E-state index contributed by atoms with van der Waals surface area (Å²) in [4.78, 5) is 0. The van der Waals surface area contributed by atoms with Gasteiger partial charge in [-0.2, -0.15) is 0 Å². The molecule has 186 valence electrons. The molecule has 36 heavy (non-hydrogen) atoms. The maximum absolute atomic E-state index is 9.19. The molecule has 0 fully saturated rings. The van der Waals surface area contributed by atoms with E-state index in [1.54, 1.807) is 0 Å². The Labute approximate surface area is 229 Å². The Balaban J connectivity index is 1.40. The lowest BCUT2D eigenvalue weighted by atomic mass is 9.79. The minimum absolute atomic E-state index is 0.0512. The lowest BCUT2D eigenvalue weighted by molar-refractivity contribution is 0.280. The molecule has 0 saturated carbocycles. The van der Waals surface area contributed by atoms with E-state index < -0.39 is 0 Å². The highest BCUT2D eigenvalue weighted by atomic mass is 127. The smallest absolute Gasteiger partial charge is 0.119 e. The van der Waals surface area contributed by atoms with Gasteiger partial charge in [-0.05, 0) is 105 Å². The first-order valence-electron chi connectivity index (χ1n) is 12.7.